The highest BCUT2D eigenvalue weighted by molar-refractivity contribution is 5.51. The van der Waals surface area contributed by atoms with Crippen molar-refractivity contribution in [2.24, 2.45) is 0 Å². The molecule has 0 N–H and O–H groups in total. The van der Waals surface area contributed by atoms with Crippen molar-refractivity contribution in [3.8, 4) is 0 Å². The Bertz CT molecular complexity index is 625. The Morgan fingerprint density at radius 1 is 1.04 bits per heavy atom. The van der Waals surface area contributed by atoms with E-state index < -0.39 is 0 Å². The summed E-state index contributed by atoms with van der Waals surface area (Å²) in [4.78, 5) is 13.9. The lowest BCUT2D eigenvalue weighted by Gasteiger charge is -2.29. The predicted octanol–water partition coefficient (Wildman–Crippen LogP) is 4.44. The van der Waals surface area contributed by atoms with Gasteiger partial charge in [0.2, 0.25) is 0 Å². The summed E-state index contributed by atoms with van der Waals surface area (Å²) in [6, 6.07) is 13.0. The standard InChI is InChI=1S/C20H30N4/c1-6-7-13-23(5)19-14-20(22-17(4)21-19)24(16(2)3)15-18-11-9-8-10-12-18/h8-12,14,16H,6-7,13,15H2,1-5H3. The third kappa shape index (κ3) is 4.95. The molecule has 4 nitrogen and oxygen atoms in total. The second-order valence-corrected chi connectivity index (χ2v) is 6.61. The first-order chi connectivity index (χ1) is 11.5. The fraction of sp³-hybridized carbons (Fsp3) is 0.500. The quantitative estimate of drug-likeness (QED) is 0.718. The van der Waals surface area contributed by atoms with Gasteiger partial charge in [-0.05, 0) is 32.8 Å². The summed E-state index contributed by atoms with van der Waals surface area (Å²) in [5, 5.41) is 0. The molecule has 2 rings (SSSR count). The van der Waals surface area contributed by atoms with Gasteiger partial charge >= 0.3 is 0 Å². The van der Waals surface area contributed by atoms with Crippen LogP contribution < -0.4 is 9.80 Å². The van der Waals surface area contributed by atoms with E-state index in [1.807, 2.05) is 6.92 Å². The largest absolute Gasteiger partial charge is 0.360 e. The van der Waals surface area contributed by atoms with Gasteiger partial charge in [-0.1, -0.05) is 43.7 Å². The van der Waals surface area contributed by atoms with E-state index in [1.54, 1.807) is 0 Å². The van der Waals surface area contributed by atoms with Crippen LogP contribution in [0.2, 0.25) is 0 Å². The first-order valence-electron chi connectivity index (χ1n) is 8.88. The molecule has 0 bridgehead atoms. The molecular weight excluding hydrogens is 296 g/mol. The van der Waals surface area contributed by atoms with Crippen molar-refractivity contribution >= 4 is 11.6 Å². The van der Waals surface area contributed by atoms with Crippen LogP contribution in [0, 0.1) is 6.92 Å². The highest BCUT2D eigenvalue weighted by atomic mass is 15.2. The number of anilines is 2. The summed E-state index contributed by atoms with van der Waals surface area (Å²) in [6.07, 6.45) is 2.36. The van der Waals surface area contributed by atoms with Gasteiger partial charge in [0.15, 0.2) is 0 Å². The van der Waals surface area contributed by atoms with E-state index in [1.165, 1.54) is 18.4 Å². The summed E-state index contributed by atoms with van der Waals surface area (Å²) >= 11 is 0. The topological polar surface area (TPSA) is 32.3 Å². The molecule has 0 fully saturated rings. The van der Waals surface area contributed by atoms with Gasteiger partial charge in [-0.15, -0.1) is 0 Å². The van der Waals surface area contributed by atoms with E-state index in [4.69, 9.17) is 4.98 Å². The minimum atomic E-state index is 0.369. The molecule has 0 unspecified atom stereocenters. The van der Waals surface area contributed by atoms with Crippen LogP contribution in [0.4, 0.5) is 11.6 Å². The van der Waals surface area contributed by atoms with E-state index in [-0.39, 0.29) is 0 Å². The van der Waals surface area contributed by atoms with Crippen LogP contribution in [-0.4, -0.2) is 29.6 Å². The number of aryl methyl sites for hydroxylation is 1. The lowest BCUT2D eigenvalue weighted by Crippen LogP contribution is -2.31. The molecule has 1 heterocycles. The number of hydrogen-bond acceptors (Lipinski definition) is 4. The molecule has 0 aliphatic rings. The van der Waals surface area contributed by atoms with Crippen LogP contribution in [0.25, 0.3) is 0 Å². The van der Waals surface area contributed by atoms with E-state index in [2.05, 4.69) is 79.0 Å². The average Bonchev–Trinajstić information content (AvgIpc) is 2.57. The van der Waals surface area contributed by atoms with Crippen LogP contribution in [0.1, 0.15) is 45.0 Å². The molecule has 1 aromatic heterocycles. The molecule has 0 atom stereocenters. The van der Waals surface area contributed by atoms with Gasteiger partial charge in [0.1, 0.15) is 17.5 Å². The molecule has 0 aliphatic heterocycles. The van der Waals surface area contributed by atoms with Crippen LogP contribution in [0.15, 0.2) is 36.4 Å². The Labute approximate surface area is 146 Å². The number of hydrogen-bond donors (Lipinski definition) is 0. The molecule has 0 saturated carbocycles. The number of unbranched alkanes of at least 4 members (excludes halogenated alkanes) is 1. The smallest absolute Gasteiger partial charge is 0.134 e. The van der Waals surface area contributed by atoms with Crippen molar-refractivity contribution in [2.75, 3.05) is 23.4 Å². The molecule has 130 valence electrons. The molecule has 0 amide bonds. The normalized spacial score (nSPS) is 10.9. The van der Waals surface area contributed by atoms with Crippen molar-refractivity contribution < 1.29 is 0 Å². The highest BCUT2D eigenvalue weighted by Crippen LogP contribution is 2.22. The van der Waals surface area contributed by atoms with Gasteiger partial charge in [0, 0.05) is 32.2 Å². The van der Waals surface area contributed by atoms with E-state index in [0.717, 1.165) is 30.5 Å². The maximum absolute atomic E-state index is 4.70. The maximum Gasteiger partial charge on any atom is 0.134 e. The van der Waals surface area contributed by atoms with Crippen molar-refractivity contribution in [2.45, 2.75) is 53.1 Å². The summed E-state index contributed by atoms with van der Waals surface area (Å²) < 4.78 is 0. The third-order valence-corrected chi connectivity index (χ3v) is 4.16. The van der Waals surface area contributed by atoms with Crippen LogP contribution in [-0.2, 0) is 6.54 Å². The SMILES string of the molecule is CCCCN(C)c1cc(N(Cc2ccccc2)C(C)C)nc(C)n1. The van der Waals surface area contributed by atoms with Crippen molar-refractivity contribution in [3.05, 3.63) is 47.8 Å². The van der Waals surface area contributed by atoms with Crippen molar-refractivity contribution in [1.29, 1.82) is 0 Å². The van der Waals surface area contributed by atoms with E-state index in [0.29, 0.717) is 6.04 Å². The lowest BCUT2D eigenvalue weighted by molar-refractivity contribution is 0.668. The first kappa shape index (κ1) is 18.2. The van der Waals surface area contributed by atoms with Gasteiger partial charge in [-0.2, -0.15) is 0 Å². The minimum Gasteiger partial charge on any atom is -0.360 e. The third-order valence-electron chi connectivity index (χ3n) is 4.16. The van der Waals surface area contributed by atoms with Crippen molar-refractivity contribution in [3.63, 3.8) is 0 Å². The monoisotopic (exact) mass is 326 g/mol. The summed E-state index contributed by atoms with van der Waals surface area (Å²) in [5.74, 6) is 2.83. The Balaban J connectivity index is 2.27. The Morgan fingerprint density at radius 2 is 1.71 bits per heavy atom. The maximum atomic E-state index is 4.70. The summed E-state index contributed by atoms with van der Waals surface area (Å²) in [6.45, 7) is 10.5. The second-order valence-electron chi connectivity index (χ2n) is 6.61. The summed E-state index contributed by atoms with van der Waals surface area (Å²) in [7, 11) is 2.11. The predicted molar refractivity (Wildman–Crippen MR) is 103 cm³/mol. The fourth-order valence-electron chi connectivity index (χ4n) is 2.70. The Hall–Kier alpha value is -2.10. The molecule has 0 aliphatic carbocycles. The van der Waals surface area contributed by atoms with Crippen LogP contribution in [0.5, 0.6) is 0 Å². The molecule has 4 heteroatoms. The first-order valence-corrected chi connectivity index (χ1v) is 8.88. The van der Waals surface area contributed by atoms with Gasteiger partial charge in [-0.3, -0.25) is 0 Å². The molecule has 0 spiro atoms. The number of benzene rings is 1. The zero-order valence-electron chi connectivity index (χ0n) is 15.7. The number of nitrogens with zero attached hydrogens (tertiary/aromatic N) is 4. The van der Waals surface area contributed by atoms with Crippen molar-refractivity contribution in [1.82, 2.24) is 9.97 Å². The second kappa shape index (κ2) is 8.67. The molecule has 2 aromatic rings. The number of aromatic nitrogens is 2. The van der Waals surface area contributed by atoms with Crippen LogP contribution in [0.3, 0.4) is 0 Å². The van der Waals surface area contributed by atoms with Crippen LogP contribution >= 0.6 is 0 Å². The number of rotatable bonds is 8. The highest BCUT2D eigenvalue weighted by Gasteiger charge is 2.15. The van der Waals surface area contributed by atoms with Gasteiger partial charge in [0.05, 0.1) is 0 Å². The minimum absolute atomic E-state index is 0.369. The zero-order chi connectivity index (χ0) is 17.5. The van der Waals surface area contributed by atoms with Gasteiger partial charge in [0.25, 0.3) is 0 Å². The molecule has 1 aromatic carbocycles. The molecule has 0 radical (unpaired) electrons. The average molecular weight is 326 g/mol. The lowest BCUT2D eigenvalue weighted by atomic mass is 10.2. The molecule has 0 saturated heterocycles. The Morgan fingerprint density at radius 3 is 2.33 bits per heavy atom. The van der Waals surface area contributed by atoms with Gasteiger partial charge < -0.3 is 9.80 Å². The summed E-state index contributed by atoms with van der Waals surface area (Å²) in [5.41, 5.74) is 1.29. The zero-order valence-corrected chi connectivity index (χ0v) is 15.7. The van der Waals surface area contributed by atoms with Gasteiger partial charge in [-0.25, -0.2) is 9.97 Å². The van der Waals surface area contributed by atoms with E-state index >= 15 is 0 Å². The molecule has 24 heavy (non-hydrogen) atoms. The Kier molecular flexibility index (Phi) is 6.59. The molecular formula is C20H30N4. The fourth-order valence-corrected chi connectivity index (χ4v) is 2.70. The van der Waals surface area contributed by atoms with E-state index in [9.17, 15) is 0 Å².